The predicted octanol–water partition coefficient (Wildman–Crippen LogP) is 1.90. The van der Waals surface area contributed by atoms with Crippen LogP contribution >= 0.6 is 0 Å². The summed E-state index contributed by atoms with van der Waals surface area (Å²) in [4.78, 5) is 2.14. The number of piperidine rings is 1. The van der Waals surface area contributed by atoms with Crippen molar-refractivity contribution in [2.24, 2.45) is 0 Å². The minimum Gasteiger partial charge on any atom is -0.466 e. The summed E-state index contributed by atoms with van der Waals surface area (Å²) < 4.78 is 11.2. The maximum Gasteiger partial charge on any atom is 0.251 e. The van der Waals surface area contributed by atoms with Gasteiger partial charge < -0.3 is 13.9 Å². The summed E-state index contributed by atoms with van der Waals surface area (Å²) in [5, 5.41) is 17.8. The molecule has 0 aromatic carbocycles. The summed E-state index contributed by atoms with van der Waals surface area (Å²) in [5.41, 5.74) is 0.847. The van der Waals surface area contributed by atoms with Crippen molar-refractivity contribution in [2.75, 3.05) is 13.1 Å². The number of rotatable bonds is 3. The molecule has 108 valence electrons. The number of hydrogen-bond acceptors (Lipinski definition) is 6. The highest BCUT2D eigenvalue weighted by atomic mass is 16.4. The second kappa shape index (κ2) is 5.38. The molecule has 0 bridgehead atoms. The largest absolute Gasteiger partial charge is 0.466 e. The molecule has 20 heavy (non-hydrogen) atoms. The van der Waals surface area contributed by atoms with Gasteiger partial charge in [-0.05, 0) is 39.3 Å². The van der Waals surface area contributed by atoms with E-state index in [-0.39, 0.29) is 6.10 Å². The SMILES string of the molecule is Cc1cc(-c2nnc(CN3CCC[C@H](O)C3)o2)c(C)o1. The molecular weight excluding hydrogens is 258 g/mol. The Morgan fingerprint density at radius 2 is 2.20 bits per heavy atom. The number of aliphatic hydroxyl groups is 1. The van der Waals surface area contributed by atoms with Crippen LogP contribution < -0.4 is 0 Å². The summed E-state index contributed by atoms with van der Waals surface area (Å²) in [6.07, 6.45) is 1.63. The van der Waals surface area contributed by atoms with Gasteiger partial charge in [-0.1, -0.05) is 0 Å². The summed E-state index contributed by atoms with van der Waals surface area (Å²) in [7, 11) is 0. The fraction of sp³-hybridized carbons (Fsp3) is 0.571. The first-order valence-corrected chi connectivity index (χ1v) is 6.92. The van der Waals surface area contributed by atoms with Crippen LogP contribution in [0.1, 0.15) is 30.3 Å². The third-order valence-electron chi connectivity index (χ3n) is 3.58. The van der Waals surface area contributed by atoms with Gasteiger partial charge in [-0.15, -0.1) is 10.2 Å². The van der Waals surface area contributed by atoms with E-state index >= 15 is 0 Å². The van der Waals surface area contributed by atoms with Gasteiger partial charge in [0.1, 0.15) is 11.5 Å². The number of furan rings is 1. The first-order chi connectivity index (χ1) is 9.61. The average molecular weight is 277 g/mol. The summed E-state index contributed by atoms with van der Waals surface area (Å²) >= 11 is 0. The lowest BCUT2D eigenvalue weighted by Crippen LogP contribution is -2.37. The fourth-order valence-corrected chi connectivity index (χ4v) is 2.64. The highest BCUT2D eigenvalue weighted by Crippen LogP contribution is 2.25. The first kappa shape index (κ1) is 13.3. The molecule has 1 aliphatic heterocycles. The van der Waals surface area contributed by atoms with Crippen molar-refractivity contribution >= 4 is 0 Å². The van der Waals surface area contributed by atoms with Gasteiger partial charge in [0, 0.05) is 6.54 Å². The zero-order chi connectivity index (χ0) is 14.1. The van der Waals surface area contributed by atoms with E-state index in [2.05, 4.69) is 15.1 Å². The number of nitrogens with zero attached hydrogens (tertiary/aromatic N) is 3. The van der Waals surface area contributed by atoms with E-state index in [1.54, 1.807) is 0 Å². The van der Waals surface area contributed by atoms with Crippen LogP contribution in [0, 0.1) is 13.8 Å². The molecule has 0 spiro atoms. The van der Waals surface area contributed by atoms with Gasteiger partial charge in [-0.2, -0.15) is 0 Å². The molecule has 6 heteroatoms. The Hall–Kier alpha value is -1.66. The van der Waals surface area contributed by atoms with E-state index in [1.807, 2.05) is 19.9 Å². The Morgan fingerprint density at radius 1 is 1.35 bits per heavy atom. The molecule has 0 saturated carbocycles. The quantitative estimate of drug-likeness (QED) is 0.923. The lowest BCUT2D eigenvalue weighted by atomic mass is 10.1. The molecular formula is C14H19N3O3. The van der Waals surface area contributed by atoms with Crippen LogP contribution in [0.5, 0.6) is 0 Å². The highest BCUT2D eigenvalue weighted by molar-refractivity contribution is 5.55. The minimum absolute atomic E-state index is 0.245. The molecule has 2 aromatic rings. The predicted molar refractivity (Wildman–Crippen MR) is 72.0 cm³/mol. The number of aryl methyl sites for hydroxylation is 2. The van der Waals surface area contributed by atoms with Crippen molar-refractivity contribution in [1.29, 1.82) is 0 Å². The van der Waals surface area contributed by atoms with Gasteiger partial charge >= 0.3 is 0 Å². The molecule has 0 aliphatic carbocycles. The minimum atomic E-state index is -0.245. The van der Waals surface area contributed by atoms with E-state index in [9.17, 15) is 5.11 Å². The van der Waals surface area contributed by atoms with E-state index in [1.165, 1.54) is 0 Å². The number of likely N-dealkylation sites (tertiary alicyclic amines) is 1. The topological polar surface area (TPSA) is 75.5 Å². The number of aromatic nitrogens is 2. The molecule has 1 N–H and O–H groups in total. The maximum absolute atomic E-state index is 9.66. The van der Waals surface area contributed by atoms with Crippen LogP contribution in [0.3, 0.4) is 0 Å². The van der Waals surface area contributed by atoms with E-state index in [4.69, 9.17) is 8.83 Å². The van der Waals surface area contributed by atoms with Crippen molar-refractivity contribution < 1.29 is 13.9 Å². The molecule has 3 heterocycles. The van der Waals surface area contributed by atoms with E-state index in [0.717, 1.165) is 36.5 Å². The molecule has 2 aromatic heterocycles. The lowest BCUT2D eigenvalue weighted by Gasteiger charge is -2.28. The smallest absolute Gasteiger partial charge is 0.251 e. The Bertz CT molecular complexity index is 590. The molecule has 0 amide bonds. The maximum atomic E-state index is 9.66. The summed E-state index contributed by atoms with van der Waals surface area (Å²) in [5.74, 6) is 2.68. The molecule has 1 saturated heterocycles. The van der Waals surface area contributed by atoms with Crippen molar-refractivity contribution in [1.82, 2.24) is 15.1 Å². The van der Waals surface area contributed by atoms with Gasteiger partial charge in [-0.3, -0.25) is 4.90 Å². The van der Waals surface area contributed by atoms with Crippen LogP contribution in [0.4, 0.5) is 0 Å². The molecule has 1 fully saturated rings. The van der Waals surface area contributed by atoms with Gasteiger partial charge in [0.15, 0.2) is 0 Å². The van der Waals surface area contributed by atoms with Gasteiger partial charge in [0.2, 0.25) is 5.89 Å². The Balaban J connectivity index is 1.72. The zero-order valence-corrected chi connectivity index (χ0v) is 11.8. The van der Waals surface area contributed by atoms with Crippen molar-refractivity contribution in [3.63, 3.8) is 0 Å². The first-order valence-electron chi connectivity index (χ1n) is 6.92. The number of hydrogen-bond donors (Lipinski definition) is 1. The average Bonchev–Trinajstić information content (AvgIpc) is 2.96. The highest BCUT2D eigenvalue weighted by Gasteiger charge is 2.21. The van der Waals surface area contributed by atoms with E-state index in [0.29, 0.717) is 24.9 Å². The van der Waals surface area contributed by atoms with Crippen LogP contribution in [0.25, 0.3) is 11.5 Å². The van der Waals surface area contributed by atoms with Crippen LogP contribution in [-0.2, 0) is 6.54 Å². The Labute approximate surface area is 117 Å². The molecule has 0 unspecified atom stereocenters. The van der Waals surface area contributed by atoms with Crippen LogP contribution in [-0.4, -0.2) is 39.4 Å². The van der Waals surface area contributed by atoms with Gasteiger partial charge in [-0.25, -0.2) is 0 Å². The second-order valence-corrected chi connectivity index (χ2v) is 5.36. The summed E-state index contributed by atoms with van der Waals surface area (Å²) in [6.45, 7) is 5.98. The molecule has 3 rings (SSSR count). The molecule has 1 atom stereocenters. The number of aliphatic hydroxyl groups excluding tert-OH is 1. The van der Waals surface area contributed by atoms with Gasteiger partial charge in [0.25, 0.3) is 5.89 Å². The Kier molecular flexibility index (Phi) is 3.58. The van der Waals surface area contributed by atoms with E-state index < -0.39 is 0 Å². The zero-order valence-electron chi connectivity index (χ0n) is 11.8. The van der Waals surface area contributed by atoms with Crippen molar-refractivity contribution in [3.05, 3.63) is 23.5 Å². The normalized spacial score (nSPS) is 20.4. The summed E-state index contributed by atoms with van der Waals surface area (Å²) in [6, 6.07) is 1.90. The number of β-amino-alcohol motifs (C(OH)–C–C–N with tert-alkyl or cyclic N) is 1. The monoisotopic (exact) mass is 277 g/mol. The van der Waals surface area contributed by atoms with Gasteiger partial charge in [0.05, 0.1) is 18.2 Å². The molecule has 1 aliphatic rings. The lowest BCUT2D eigenvalue weighted by molar-refractivity contribution is 0.0625. The third-order valence-corrected chi connectivity index (χ3v) is 3.58. The fourth-order valence-electron chi connectivity index (χ4n) is 2.64. The van der Waals surface area contributed by atoms with Crippen molar-refractivity contribution in [2.45, 2.75) is 39.3 Å². The molecule has 0 radical (unpaired) electrons. The van der Waals surface area contributed by atoms with Crippen LogP contribution in [0.2, 0.25) is 0 Å². The van der Waals surface area contributed by atoms with Crippen LogP contribution in [0.15, 0.2) is 14.9 Å². The van der Waals surface area contributed by atoms with Crippen molar-refractivity contribution in [3.8, 4) is 11.5 Å². The third kappa shape index (κ3) is 2.76. The molecule has 6 nitrogen and oxygen atoms in total. The second-order valence-electron chi connectivity index (χ2n) is 5.36. The Morgan fingerprint density at radius 3 is 2.90 bits per heavy atom. The standard InChI is InChI=1S/C14H19N3O3/c1-9-6-12(10(2)19-9)14-16-15-13(20-14)8-17-5-3-4-11(18)7-17/h6,11,18H,3-5,7-8H2,1-2H3/t11-/m0/s1.